The number of amides is 1. The number of nitrogens with one attached hydrogen (secondary N) is 1. The van der Waals surface area contributed by atoms with Gasteiger partial charge in [0.2, 0.25) is 5.91 Å². The molecule has 3 aliphatic heterocycles. The number of piperazine rings is 1. The molecule has 0 aromatic rings. The Kier molecular flexibility index (Phi) is 11.1. The van der Waals surface area contributed by atoms with Crippen LogP contribution in [0, 0.1) is 0 Å². The number of aliphatic imine (C=N–C) groups is 1. The zero-order valence-electron chi connectivity index (χ0n) is 18.7. The maximum Gasteiger partial charge on any atom is 0.236 e. The second-order valence-corrected chi connectivity index (χ2v) is 8.37. The number of carbonyl (C=O) groups excluding carboxylic acids is 1. The highest BCUT2D eigenvalue weighted by molar-refractivity contribution is 14.0. The zero-order valence-corrected chi connectivity index (χ0v) is 21.1. The van der Waals surface area contributed by atoms with E-state index in [-0.39, 0.29) is 29.6 Å². The molecular formula is C21H40IN5O3. The van der Waals surface area contributed by atoms with Gasteiger partial charge in [0.15, 0.2) is 5.96 Å². The van der Waals surface area contributed by atoms with Gasteiger partial charge in [0, 0.05) is 79.0 Å². The summed E-state index contributed by atoms with van der Waals surface area (Å²) in [6, 6.07) is 0. The van der Waals surface area contributed by atoms with Gasteiger partial charge >= 0.3 is 0 Å². The third-order valence-corrected chi connectivity index (χ3v) is 6.43. The van der Waals surface area contributed by atoms with E-state index in [0.717, 1.165) is 90.7 Å². The van der Waals surface area contributed by atoms with Crippen LogP contribution in [0.5, 0.6) is 0 Å². The molecular weight excluding hydrogens is 497 g/mol. The third kappa shape index (κ3) is 7.20. The Bertz CT molecular complexity index is 543. The highest BCUT2D eigenvalue weighted by atomic mass is 127. The molecule has 174 valence electrons. The van der Waals surface area contributed by atoms with Crippen LogP contribution in [-0.2, 0) is 14.3 Å². The molecule has 9 heteroatoms. The number of likely N-dealkylation sites (tertiary alicyclic amines) is 1. The summed E-state index contributed by atoms with van der Waals surface area (Å²) in [5, 5.41) is 3.44. The van der Waals surface area contributed by atoms with Gasteiger partial charge in [0.1, 0.15) is 0 Å². The van der Waals surface area contributed by atoms with E-state index >= 15 is 0 Å². The molecule has 3 saturated heterocycles. The lowest BCUT2D eigenvalue weighted by molar-refractivity contribution is -0.133. The number of guanidine groups is 1. The van der Waals surface area contributed by atoms with Gasteiger partial charge in [-0.3, -0.25) is 14.7 Å². The van der Waals surface area contributed by atoms with Gasteiger partial charge in [0.05, 0.1) is 18.7 Å². The lowest BCUT2D eigenvalue weighted by Gasteiger charge is -2.38. The molecule has 0 aliphatic carbocycles. The monoisotopic (exact) mass is 537 g/mol. The Labute approximate surface area is 198 Å². The first-order valence-corrected chi connectivity index (χ1v) is 11.3. The van der Waals surface area contributed by atoms with Crippen molar-refractivity contribution in [1.29, 1.82) is 0 Å². The predicted molar refractivity (Wildman–Crippen MR) is 130 cm³/mol. The molecule has 0 radical (unpaired) electrons. The minimum absolute atomic E-state index is 0. The number of hydrogen-bond acceptors (Lipinski definition) is 5. The number of piperidine rings is 1. The van der Waals surface area contributed by atoms with Gasteiger partial charge in [-0.15, -0.1) is 24.0 Å². The fraction of sp³-hybridized carbons (Fsp3) is 0.905. The molecule has 0 bridgehead atoms. The Morgan fingerprint density at radius 2 is 1.70 bits per heavy atom. The van der Waals surface area contributed by atoms with E-state index in [4.69, 9.17) is 14.5 Å². The van der Waals surface area contributed by atoms with Crippen molar-refractivity contribution >= 4 is 35.8 Å². The van der Waals surface area contributed by atoms with Gasteiger partial charge in [-0.25, -0.2) is 0 Å². The molecule has 30 heavy (non-hydrogen) atoms. The molecule has 3 aliphatic rings. The number of halogens is 1. The second-order valence-electron chi connectivity index (χ2n) is 8.37. The zero-order chi connectivity index (χ0) is 20.5. The smallest absolute Gasteiger partial charge is 0.236 e. The topological polar surface area (TPSA) is 69.6 Å². The minimum atomic E-state index is -0.207. The molecule has 0 aromatic carbocycles. The predicted octanol–water partition coefficient (Wildman–Crippen LogP) is 1.40. The number of hydrogen-bond donors (Lipinski definition) is 1. The standard InChI is InChI=1S/C21H39N5O3.HI/c1-3-22-20(23-18-21(28-2)7-15-29-16-8-21)26-13-11-24(12-14-26)17-19(27)25-9-5-4-6-10-25;/h3-18H2,1-2H3,(H,22,23);1H. The Morgan fingerprint density at radius 1 is 1.03 bits per heavy atom. The summed E-state index contributed by atoms with van der Waals surface area (Å²) in [5.41, 5.74) is -0.207. The number of ether oxygens (including phenoxy) is 2. The summed E-state index contributed by atoms with van der Waals surface area (Å²) >= 11 is 0. The number of rotatable bonds is 6. The van der Waals surface area contributed by atoms with Crippen molar-refractivity contribution in [1.82, 2.24) is 20.0 Å². The van der Waals surface area contributed by atoms with Gasteiger partial charge in [-0.05, 0) is 26.2 Å². The van der Waals surface area contributed by atoms with Crippen LogP contribution in [-0.4, -0.2) is 111 Å². The van der Waals surface area contributed by atoms with Crippen LogP contribution in [0.1, 0.15) is 39.0 Å². The Balaban J connectivity index is 0.00000320. The molecule has 0 spiro atoms. The maximum absolute atomic E-state index is 12.5. The van der Waals surface area contributed by atoms with Crippen molar-refractivity contribution in [3.8, 4) is 0 Å². The van der Waals surface area contributed by atoms with Crippen LogP contribution in [0.25, 0.3) is 0 Å². The van der Waals surface area contributed by atoms with Crippen molar-refractivity contribution in [2.45, 2.75) is 44.6 Å². The summed E-state index contributed by atoms with van der Waals surface area (Å²) in [6.45, 7) is 11.1. The van der Waals surface area contributed by atoms with Crippen molar-refractivity contribution in [2.24, 2.45) is 4.99 Å². The molecule has 3 fully saturated rings. The molecule has 8 nitrogen and oxygen atoms in total. The van der Waals surface area contributed by atoms with E-state index in [1.807, 2.05) is 4.90 Å². The van der Waals surface area contributed by atoms with Gasteiger partial charge in [0.25, 0.3) is 0 Å². The lowest BCUT2D eigenvalue weighted by atomic mass is 9.94. The van der Waals surface area contributed by atoms with E-state index < -0.39 is 0 Å². The summed E-state index contributed by atoms with van der Waals surface area (Å²) in [6.07, 6.45) is 5.33. The average molecular weight is 537 g/mol. The maximum atomic E-state index is 12.5. The number of nitrogens with zero attached hydrogens (tertiary/aromatic N) is 4. The molecule has 3 rings (SSSR count). The van der Waals surface area contributed by atoms with Crippen molar-refractivity contribution < 1.29 is 14.3 Å². The highest BCUT2D eigenvalue weighted by Gasteiger charge is 2.33. The van der Waals surface area contributed by atoms with Crippen LogP contribution < -0.4 is 5.32 Å². The van der Waals surface area contributed by atoms with E-state index in [1.165, 1.54) is 6.42 Å². The summed E-state index contributed by atoms with van der Waals surface area (Å²) < 4.78 is 11.3. The Hall–Kier alpha value is -0.650. The first kappa shape index (κ1) is 25.6. The number of carbonyl (C=O) groups is 1. The van der Waals surface area contributed by atoms with Crippen LogP contribution in [0.2, 0.25) is 0 Å². The lowest BCUT2D eigenvalue weighted by Crippen LogP contribution is -2.55. The molecule has 1 N–H and O–H groups in total. The van der Waals surface area contributed by atoms with Crippen LogP contribution >= 0.6 is 24.0 Å². The molecule has 0 atom stereocenters. The van der Waals surface area contributed by atoms with Gasteiger partial charge < -0.3 is 24.6 Å². The van der Waals surface area contributed by atoms with E-state index in [2.05, 4.69) is 22.0 Å². The fourth-order valence-corrected chi connectivity index (χ4v) is 4.37. The summed E-state index contributed by atoms with van der Waals surface area (Å²) in [7, 11) is 1.78. The summed E-state index contributed by atoms with van der Waals surface area (Å²) in [4.78, 5) is 24.1. The van der Waals surface area contributed by atoms with Gasteiger partial charge in [-0.2, -0.15) is 0 Å². The molecule has 3 heterocycles. The van der Waals surface area contributed by atoms with E-state index in [1.54, 1.807) is 7.11 Å². The molecule has 1 amide bonds. The molecule has 0 saturated carbocycles. The Morgan fingerprint density at radius 3 is 2.30 bits per heavy atom. The highest BCUT2D eigenvalue weighted by Crippen LogP contribution is 2.25. The van der Waals surface area contributed by atoms with Crippen molar-refractivity contribution in [3.05, 3.63) is 0 Å². The van der Waals surface area contributed by atoms with Gasteiger partial charge in [-0.1, -0.05) is 0 Å². The largest absolute Gasteiger partial charge is 0.381 e. The second kappa shape index (κ2) is 13.0. The molecule has 0 unspecified atom stereocenters. The van der Waals surface area contributed by atoms with Crippen LogP contribution in [0.15, 0.2) is 4.99 Å². The van der Waals surface area contributed by atoms with Crippen LogP contribution in [0.3, 0.4) is 0 Å². The van der Waals surface area contributed by atoms with E-state index in [0.29, 0.717) is 19.0 Å². The SMILES string of the molecule is CCNC(=NCC1(OC)CCOCC1)N1CCN(CC(=O)N2CCCCC2)CC1.I. The normalized spacial score (nSPS) is 23.1. The quantitative estimate of drug-likeness (QED) is 0.314. The first-order chi connectivity index (χ1) is 14.2. The molecule has 0 aromatic heterocycles. The van der Waals surface area contributed by atoms with E-state index in [9.17, 15) is 4.79 Å². The van der Waals surface area contributed by atoms with Crippen molar-refractivity contribution in [3.63, 3.8) is 0 Å². The summed E-state index contributed by atoms with van der Waals surface area (Å²) in [5.74, 6) is 1.25. The minimum Gasteiger partial charge on any atom is -0.381 e. The average Bonchev–Trinajstić information content (AvgIpc) is 2.78. The van der Waals surface area contributed by atoms with Crippen molar-refractivity contribution in [2.75, 3.05) is 79.2 Å². The number of methoxy groups -OCH3 is 1. The van der Waals surface area contributed by atoms with Crippen LogP contribution in [0.4, 0.5) is 0 Å². The third-order valence-electron chi connectivity index (χ3n) is 6.43. The fourth-order valence-electron chi connectivity index (χ4n) is 4.37. The first-order valence-electron chi connectivity index (χ1n) is 11.3.